The molecule has 116 valence electrons. The largest absolute Gasteiger partial charge is 0.507 e. The van der Waals surface area contributed by atoms with Crippen LogP contribution in [-0.2, 0) is 14.9 Å². The fourth-order valence-corrected chi connectivity index (χ4v) is 2.25. The van der Waals surface area contributed by atoms with Crippen LogP contribution in [-0.4, -0.2) is 29.3 Å². The van der Waals surface area contributed by atoms with Crippen LogP contribution in [0.3, 0.4) is 0 Å². The van der Waals surface area contributed by atoms with Gasteiger partial charge in [0.05, 0.1) is 7.11 Å². The second kappa shape index (κ2) is 6.61. The smallest absolute Gasteiger partial charge is 0.339 e. The summed E-state index contributed by atoms with van der Waals surface area (Å²) in [6.07, 6.45) is 1.70. The summed E-state index contributed by atoms with van der Waals surface area (Å²) in [7, 11) is 1.36. The summed E-state index contributed by atoms with van der Waals surface area (Å²) in [6, 6.07) is 3.29. The topological polar surface area (TPSA) is 83.8 Å². The lowest BCUT2D eigenvalue weighted by atomic mass is 9.79. The maximum atomic E-state index is 11.2. The molecule has 1 aromatic carbocycles. The average molecular weight is 294 g/mol. The van der Waals surface area contributed by atoms with Crippen LogP contribution in [0, 0.1) is 6.92 Å². The Balaban J connectivity index is 2.97. The molecule has 5 heteroatoms. The van der Waals surface area contributed by atoms with Crippen molar-refractivity contribution in [3.8, 4) is 5.75 Å². The van der Waals surface area contributed by atoms with Crippen molar-refractivity contribution in [1.29, 1.82) is 0 Å². The highest BCUT2D eigenvalue weighted by atomic mass is 16.5. The molecule has 1 aromatic rings. The second-order valence-electron chi connectivity index (χ2n) is 5.81. The maximum Gasteiger partial charge on any atom is 0.339 e. The normalized spacial score (nSPS) is 11.2. The number of phenols is 1. The minimum absolute atomic E-state index is 0.0916. The number of aromatic carboxylic acids is 1. The summed E-state index contributed by atoms with van der Waals surface area (Å²) >= 11 is 0. The van der Waals surface area contributed by atoms with Gasteiger partial charge in [0.1, 0.15) is 11.3 Å². The van der Waals surface area contributed by atoms with Crippen LogP contribution in [0.25, 0.3) is 0 Å². The Kier molecular flexibility index (Phi) is 5.35. The quantitative estimate of drug-likeness (QED) is 0.788. The number of carbonyl (C=O) groups excluding carboxylic acids is 1. The number of hydrogen-bond acceptors (Lipinski definition) is 4. The molecule has 0 spiro atoms. The van der Waals surface area contributed by atoms with Crippen molar-refractivity contribution >= 4 is 11.9 Å². The van der Waals surface area contributed by atoms with E-state index in [9.17, 15) is 14.7 Å². The Labute approximate surface area is 124 Å². The van der Waals surface area contributed by atoms with Gasteiger partial charge in [-0.3, -0.25) is 4.79 Å². The van der Waals surface area contributed by atoms with Gasteiger partial charge in [0, 0.05) is 6.42 Å². The fraction of sp³-hybridized carbons (Fsp3) is 0.500. The average Bonchev–Trinajstić information content (AvgIpc) is 2.40. The number of methoxy groups -OCH3 is 1. The van der Waals surface area contributed by atoms with Crippen LogP contribution in [0.5, 0.6) is 5.75 Å². The zero-order valence-electron chi connectivity index (χ0n) is 12.9. The Bertz CT molecular complexity index is 546. The van der Waals surface area contributed by atoms with Gasteiger partial charge >= 0.3 is 11.9 Å². The van der Waals surface area contributed by atoms with E-state index < -0.39 is 5.97 Å². The van der Waals surface area contributed by atoms with Gasteiger partial charge in [-0.25, -0.2) is 4.79 Å². The van der Waals surface area contributed by atoms with E-state index in [1.165, 1.54) is 13.2 Å². The third-order valence-corrected chi connectivity index (χ3v) is 3.72. The van der Waals surface area contributed by atoms with Gasteiger partial charge in [-0.2, -0.15) is 0 Å². The van der Waals surface area contributed by atoms with E-state index in [0.29, 0.717) is 24.8 Å². The molecular weight excluding hydrogens is 272 g/mol. The standard InChI is InChI=1S/C16H22O5/c1-10-8-11(9-12(14(10)18)15(19)20)16(2,3)7-5-6-13(17)21-4/h8-9,18H,5-7H2,1-4H3,(H,19,20). The Morgan fingerprint density at radius 2 is 1.90 bits per heavy atom. The molecule has 0 aromatic heterocycles. The SMILES string of the molecule is COC(=O)CCCC(C)(C)c1cc(C)c(O)c(C(=O)O)c1. The van der Waals surface area contributed by atoms with E-state index in [1.807, 2.05) is 13.8 Å². The highest BCUT2D eigenvalue weighted by molar-refractivity contribution is 5.91. The van der Waals surface area contributed by atoms with Crippen LogP contribution in [0.2, 0.25) is 0 Å². The molecule has 0 fully saturated rings. The first kappa shape index (κ1) is 17.0. The molecule has 0 unspecified atom stereocenters. The highest BCUT2D eigenvalue weighted by Gasteiger charge is 2.24. The molecule has 0 bridgehead atoms. The van der Waals surface area contributed by atoms with E-state index in [4.69, 9.17) is 5.11 Å². The van der Waals surface area contributed by atoms with Gasteiger partial charge in [-0.1, -0.05) is 19.9 Å². The number of carboxylic acids is 1. The fourth-order valence-electron chi connectivity index (χ4n) is 2.25. The molecule has 1 rings (SSSR count). The summed E-state index contributed by atoms with van der Waals surface area (Å²) < 4.78 is 4.61. The monoisotopic (exact) mass is 294 g/mol. The molecule has 21 heavy (non-hydrogen) atoms. The molecule has 0 heterocycles. The first-order valence-electron chi connectivity index (χ1n) is 6.83. The number of ether oxygens (including phenoxy) is 1. The summed E-state index contributed by atoms with van der Waals surface area (Å²) in [6.45, 7) is 5.65. The predicted octanol–water partition coefficient (Wildman–Crippen LogP) is 3.02. The van der Waals surface area contributed by atoms with Crippen LogP contribution in [0.1, 0.15) is 54.6 Å². The van der Waals surface area contributed by atoms with Gasteiger partial charge in [-0.15, -0.1) is 0 Å². The lowest BCUT2D eigenvalue weighted by Gasteiger charge is -2.26. The molecule has 0 saturated heterocycles. The van der Waals surface area contributed by atoms with Gasteiger partial charge < -0.3 is 14.9 Å². The molecule has 5 nitrogen and oxygen atoms in total. The molecule has 0 saturated carbocycles. The van der Waals surface area contributed by atoms with Crippen molar-refractivity contribution in [2.45, 2.75) is 45.4 Å². The molecule has 0 aliphatic carbocycles. The van der Waals surface area contributed by atoms with Crippen LogP contribution in [0.15, 0.2) is 12.1 Å². The van der Waals surface area contributed by atoms with Crippen molar-refractivity contribution in [3.05, 3.63) is 28.8 Å². The lowest BCUT2D eigenvalue weighted by Crippen LogP contribution is -2.19. The van der Waals surface area contributed by atoms with Crippen LogP contribution in [0.4, 0.5) is 0 Å². The first-order valence-corrected chi connectivity index (χ1v) is 6.83. The molecule has 0 aliphatic heterocycles. The minimum Gasteiger partial charge on any atom is -0.507 e. The van der Waals surface area contributed by atoms with Crippen LogP contribution >= 0.6 is 0 Å². The zero-order chi connectivity index (χ0) is 16.2. The van der Waals surface area contributed by atoms with E-state index >= 15 is 0 Å². The minimum atomic E-state index is -1.15. The summed E-state index contributed by atoms with van der Waals surface area (Å²) in [5.41, 5.74) is 0.980. The number of aromatic hydroxyl groups is 1. The van der Waals surface area contributed by atoms with E-state index in [-0.39, 0.29) is 22.7 Å². The summed E-state index contributed by atoms with van der Waals surface area (Å²) in [5, 5.41) is 18.9. The van der Waals surface area contributed by atoms with Gasteiger partial charge in [-0.05, 0) is 42.4 Å². The van der Waals surface area contributed by atoms with Crippen molar-refractivity contribution in [1.82, 2.24) is 0 Å². The van der Waals surface area contributed by atoms with E-state index in [2.05, 4.69) is 4.74 Å². The van der Waals surface area contributed by atoms with Crippen molar-refractivity contribution in [2.75, 3.05) is 7.11 Å². The third kappa shape index (κ3) is 4.21. The molecule has 2 N–H and O–H groups in total. The van der Waals surface area contributed by atoms with E-state index in [1.54, 1.807) is 13.0 Å². The number of carbonyl (C=O) groups is 2. The third-order valence-electron chi connectivity index (χ3n) is 3.72. The maximum absolute atomic E-state index is 11.2. The van der Waals surface area contributed by atoms with Crippen molar-refractivity contribution < 1.29 is 24.5 Å². The number of rotatable bonds is 6. The summed E-state index contributed by atoms with van der Waals surface area (Å²) in [5.74, 6) is -1.60. The second-order valence-corrected chi connectivity index (χ2v) is 5.81. The molecule has 0 radical (unpaired) electrons. The number of esters is 1. The summed E-state index contributed by atoms with van der Waals surface area (Å²) in [4.78, 5) is 22.3. The first-order chi connectivity index (χ1) is 9.69. The Morgan fingerprint density at radius 1 is 1.29 bits per heavy atom. The molecule has 0 aliphatic rings. The van der Waals surface area contributed by atoms with E-state index in [0.717, 1.165) is 5.56 Å². The Hall–Kier alpha value is -2.04. The Morgan fingerprint density at radius 3 is 2.43 bits per heavy atom. The number of carboxylic acid groups (broad SMARTS) is 1. The van der Waals surface area contributed by atoms with Crippen LogP contribution < -0.4 is 0 Å². The number of aryl methyl sites for hydroxylation is 1. The van der Waals surface area contributed by atoms with Gasteiger partial charge in [0.2, 0.25) is 0 Å². The highest BCUT2D eigenvalue weighted by Crippen LogP contribution is 2.34. The van der Waals surface area contributed by atoms with Gasteiger partial charge in [0.15, 0.2) is 0 Å². The predicted molar refractivity (Wildman–Crippen MR) is 78.7 cm³/mol. The zero-order valence-corrected chi connectivity index (χ0v) is 12.9. The molecule has 0 amide bonds. The molecule has 0 atom stereocenters. The number of hydrogen-bond donors (Lipinski definition) is 2. The lowest BCUT2D eigenvalue weighted by molar-refractivity contribution is -0.140. The van der Waals surface area contributed by atoms with Gasteiger partial charge in [0.25, 0.3) is 0 Å². The number of benzene rings is 1. The van der Waals surface area contributed by atoms with Crippen molar-refractivity contribution in [3.63, 3.8) is 0 Å². The molecular formula is C16H22O5. The van der Waals surface area contributed by atoms with Crippen molar-refractivity contribution in [2.24, 2.45) is 0 Å².